The molecule has 0 bridgehead atoms. The summed E-state index contributed by atoms with van der Waals surface area (Å²) in [5.41, 5.74) is 0.446. The Labute approximate surface area is 220 Å². The second kappa shape index (κ2) is 9.58. The van der Waals surface area contributed by atoms with Crippen molar-refractivity contribution in [2.24, 2.45) is 0 Å². The highest BCUT2D eigenvalue weighted by molar-refractivity contribution is 5.85. The molecule has 1 aliphatic rings. The lowest BCUT2D eigenvalue weighted by Gasteiger charge is -2.39. The van der Waals surface area contributed by atoms with E-state index in [4.69, 9.17) is 9.47 Å². The highest BCUT2D eigenvalue weighted by Crippen LogP contribution is 2.32. The summed E-state index contributed by atoms with van der Waals surface area (Å²) in [5.74, 6) is 1.72. The number of anilines is 1. The summed E-state index contributed by atoms with van der Waals surface area (Å²) in [6.45, 7) is 7.63. The minimum atomic E-state index is -1.53. The number of alkyl halides is 1. The Balaban J connectivity index is 1.31. The van der Waals surface area contributed by atoms with E-state index in [9.17, 15) is 14.8 Å². The van der Waals surface area contributed by atoms with Gasteiger partial charge in [-0.05, 0) is 52.0 Å². The predicted octanol–water partition coefficient (Wildman–Crippen LogP) is 4.28. The minimum absolute atomic E-state index is 0.0730. The average Bonchev–Trinajstić information content (AvgIpc) is 3.27. The van der Waals surface area contributed by atoms with Crippen molar-refractivity contribution in [3.63, 3.8) is 0 Å². The number of pyridine rings is 3. The van der Waals surface area contributed by atoms with Crippen LogP contribution in [0.3, 0.4) is 0 Å². The molecule has 0 amide bonds. The number of halogens is 1. The van der Waals surface area contributed by atoms with E-state index in [2.05, 4.69) is 26.0 Å². The zero-order valence-electron chi connectivity index (χ0n) is 21.7. The first-order valence-electron chi connectivity index (χ1n) is 12.3. The normalized spacial score (nSPS) is 14.3. The van der Waals surface area contributed by atoms with Crippen molar-refractivity contribution in [2.75, 3.05) is 24.6 Å². The van der Waals surface area contributed by atoms with Gasteiger partial charge in [0.2, 0.25) is 5.88 Å². The van der Waals surface area contributed by atoms with E-state index >= 15 is 0 Å². The van der Waals surface area contributed by atoms with Crippen LogP contribution in [-0.2, 0) is 5.67 Å². The topological polar surface area (TPSA) is 109 Å². The molecule has 196 valence electrons. The largest absolute Gasteiger partial charge is 0.489 e. The van der Waals surface area contributed by atoms with Gasteiger partial charge in [0.1, 0.15) is 36.0 Å². The van der Waals surface area contributed by atoms with Crippen molar-refractivity contribution in [3.8, 4) is 28.8 Å². The molecule has 0 aliphatic carbocycles. The number of ether oxygens (including phenoxy) is 2. The summed E-state index contributed by atoms with van der Waals surface area (Å²) in [7, 11) is 0. The Hall–Kier alpha value is -4.23. The summed E-state index contributed by atoms with van der Waals surface area (Å²) >= 11 is 0. The fraction of sp³-hybridized carbons (Fsp3) is 0.357. The van der Waals surface area contributed by atoms with Crippen LogP contribution in [0.15, 0.2) is 55.0 Å². The molecule has 1 saturated heterocycles. The molecule has 0 atom stereocenters. The van der Waals surface area contributed by atoms with E-state index in [0.717, 1.165) is 16.9 Å². The zero-order valence-corrected chi connectivity index (χ0v) is 21.7. The van der Waals surface area contributed by atoms with Gasteiger partial charge >= 0.3 is 0 Å². The van der Waals surface area contributed by atoms with Crippen LogP contribution in [0, 0.1) is 11.3 Å². The molecule has 0 spiro atoms. The van der Waals surface area contributed by atoms with Crippen LogP contribution in [0.2, 0.25) is 0 Å². The van der Waals surface area contributed by atoms with E-state index in [-0.39, 0.29) is 12.7 Å². The number of aliphatic hydroxyl groups is 1. The Morgan fingerprint density at radius 2 is 1.95 bits per heavy atom. The number of rotatable bonds is 8. The summed E-state index contributed by atoms with van der Waals surface area (Å²) in [4.78, 5) is 11.0. The van der Waals surface area contributed by atoms with E-state index in [1.807, 2.05) is 18.2 Å². The summed E-state index contributed by atoms with van der Waals surface area (Å²) < 4.78 is 27.6. The Morgan fingerprint density at radius 3 is 2.61 bits per heavy atom. The predicted molar refractivity (Wildman–Crippen MR) is 140 cm³/mol. The summed E-state index contributed by atoms with van der Waals surface area (Å²) in [5, 5.41) is 23.9. The molecule has 0 saturated carbocycles. The van der Waals surface area contributed by atoms with Gasteiger partial charge < -0.3 is 19.5 Å². The van der Waals surface area contributed by atoms with Crippen molar-refractivity contribution < 1.29 is 19.0 Å². The maximum Gasteiger partial charge on any atom is 0.213 e. The third-order valence-electron chi connectivity index (χ3n) is 6.15. The fourth-order valence-corrected chi connectivity index (χ4v) is 4.15. The van der Waals surface area contributed by atoms with Gasteiger partial charge in [0.15, 0.2) is 0 Å². The van der Waals surface area contributed by atoms with E-state index in [0.29, 0.717) is 41.5 Å². The highest BCUT2D eigenvalue weighted by atomic mass is 19.1. The first kappa shape index (κ1) is 25.4. The standard InChI is InChI=1S/C28H29FN6O3/c1-27(2,36)17-37-20-10-22(26-19(11-30)13-32-35(26)16-20)18-8-9-24(31-12-18)34-14-21(15-34)38-25-7-5-6-23(33-25)28(3,4)29/h5-10,12-13,16,21,36H,14-15,17H2,1-4H3. The van der Waals surface area contributed by atoms with Crippen LogP contribution >= 0.6 is 0 Å². The molecule has 0 unspecified atom stereocenters. The molecule has 5 rings (SSSR count). The Morgan fingerprint density at radius 1 is 1.16 bits per heavy atom. The Bertz CT molecular complexity index is 1490. The maximum absolute atomic E-state index is 14.2. The third kappa shape index (κ3) is 5.38. The molecule has 9 nitrogen and oxygen atoms in total. The molecule has 10 heteroatoms. The van der Waals surface area contributed by atoms with E-state index in [1.165, 1.54) is 20.0 Å². The van der Waals surface area contributed by atoms with Gasteiger partial charge in [0.25, 0.3) is 0 Å². The molecule has 1 aliphatic heterocycles. The van der Waals surface area contributed by atoms with Crippen molar-refractivity contribution in [2.45, 2.75) is 45.1 Å². The van der Waals surface area contributed by atoms with Gasteiger partial charge in [0, 0.05) is 23.4 Å². The van der Waals surface area contributed by atoms with Crippen molar-refractivity contribution in [1.82, 2.24) is 19.6 Å². The fourth-order valence-electron chi connectivity index (χ4n) is 4.15. The lowest BCUT2D eigenvalue weighted by molar-refractivity contribution is 0.0283. The van der Waals surface area contributed by atoms with Crippen LogP contribution in [-0.4, -0.2) is 56.1 Å². The number of hydrogen-bond acceptors (Lipinski definition) is 8. The van der Waals surface area contributed by atoms with Gasteiger partial charge in [0.05, 0.1) is 47.9 Å². The quantitative estimate of drug-likeness (QED) is 0.370. The van der Waals surface area contributed by atoms with Gasteiger partial charge in [-0.3, -0.25) is 0 Å². The molecule has 0 aromatic carbocycles. The van der Waals surface area contributed by atoms with Crippen LogP contribution < -0.4 is 14.4 Å². The molecular formula is C28H29FN6O3. The SMILES string of the molecule is CC(C)(O)COc1cc(-c2ccc(N3CC(Oc4cccc(C(C)(C)F)n4)C3)nc2)c2c(C#N)cnn2c1. The van der Waals surface area contributed by atoms with E-state index < -0.39 is 11.3 Å². The number of nitriles is 1. The highest BCUT2D eigenvalue weighted by Gasteiger charge is 2.30. The van der Waals surface area contributed by atoms with Gasteiger partial charge in [-0.15, -0.1) is 0 Å². The molecular weight excluding hydrogens is 487 g/mol. The first-order valence-corrected chi connectivity index (χ1v) is 12.3. The van der Waals surface area contributed by atoms with Crippen molar-refractivity contribution in [3.05, 3.63) is 66.2 Å². The van der Waals surface area contributed by atoms with Crippen LogP contribution in [0.25, 0.3) is 16.6 Å². The lowest BCUT2D eigenvalue weighted by atomic mass is 10.0. The maximum atomic E-state index is 14.2. The van der Waals surface area contributed by atoms with Gasteiger partial charge in [-0.1, -0.05) is 6.07 Å². The molecule has 0 radical (unpaired) electrons. The number of fused-ring (bicyclic) bond motifs is 1. The van der Waals surface area contributed by atoms with Crippen LogP contribution in [0.1, 0.15) is 39.0 Å². The molecule has 38 heavy (non-hydrogen) atoms. The van der Waals surface area contributed by atoms with Crippen molar-refractivity contribution in [1.29, 1.82) is 5.26 Å². The molecule has 5 heterocycles. The first-order chi connectivity index (χ1) is 18.0. The van der Waals surface area contributed by atoms with Gasteiger partial charge in [-0.2, -0.15) is 10.4 Å². The minimum Gasteiger partial charge on any atom is -0.489 e. The average molecular weight is 517 g/mol. The second-order valence-corrected chi connectivity index (χ2v) is 10.5. The van der Waals surface area contributed by atoms with Crippen molar-refractivity contribution >= 4 is 11.3 Å². The summed E-state index contributed by atoms with van der Waals surface area (Å²) in [6, 6.07) is 13.0. The third-order valence-corrected chi connectivity index (χ3v) is 6.15. The van der Waals surface area contributed by atoms with E-state index in [1.54, 1.807) is 49.0 Å². The monoisotopic (exact) mass is 516 g/mol. The second-order valence-electron chi connectivity index (χ2n) is 10.5. The van der Waals surface area contributed by atoms with Crippen LogP contribution in [0.5, 0.6) is 11.6 Å². The molecule has 1 fully saturated rings. The molecule has 4 aromatic rings. The summed E-state index contributed by atoms with van der Waals surface area (Å²) in [6.07, 6.45) is 4.88. The van der Waals surface area contributed by atoms with Crippen LogP contribution in [0.4, 0.5) is 10.2 Å². The Kier molecular flexibility index (Phi) is 6.41. The number of nitrogens with zero attached hydrogens (tertiary/aromatic N) is 6. The molecule has 1 N–H and O–H groups in total. The molecule has 4 aromatic heterocycles. The lowest BCUT2D eigenvalue weighted by Crippen LogP contribution is -2.54. The zero-order chi connectivity index (χ0) is 27.1. The number of aromatic nitrogens is 4. The smallest absolute Gasteiger partial charge is 0.213 e. The number of hydrogen-bond donors (Lipinski definition) is 1. The van der Waals surface area contributed by atoms with Gasteiger partial charge in [-0.25, -0.2) is 18.9 Å².